The summed E-state index contributed by atoms with van der Waals surface area (Å²) in [5, 5.41) is 3.09. The van der Waals surface area contributed by atoms with E-state index in [2.05, 4.69) is 41.1 Å². The zero-order valence-electron chi connectivity index (χ0n) is 11.6. The van der Waals surface area contributed by atoms with Crippen molar-refractivity contribution in [2.24, 2.45) is 0 Å². The molecule has 102 valence electrons. The summed E-state index contributed by atoms with van der Waals surface area (Å²) in [6, 6.07) is 0. The first-order chi connectivity index (χ1) is 8.91. The summed E-state index contributed by atoms with van der Waals surface area (Å²) in [4.78, 5) is 12.8. The smallest absolute Gasteiger partial charge is 0.182 e. The normalized spacial score (nSPS) is 11.6. The highest BCUT2D eigenvalue weighted by Gasteiger charge is 2.18. The van der Waals surface area contributed by atoms with Gasteiger partial charge in [-0.05, 0) is 0 Å². The van der Waals surface area contributed by atoms with Crippen molar-refractivity contribution in [1.82, 2.24) is 15.0 Å². The lowest BCUT2D eigenvalue weighted by molar-refractivity contribution is 0.408. The molecule has 6 heteroatoms. The van der Waals surface area contributed by atoms with Crippen LogP contribution in [0.1, 0.15) is 37.2 Å². The van der Waals surface area contributed by atoms with Crippen LogP contribution in [-0.4, -0.2) is 22.1 Å². The van der Waals surface area contributed by atoms with Gasteiger partial charge in [-0.3, -0.25) is 0 Å². The van der Waals surface area contributed by atoms with Crippen LogP contribution >= 0.6 is 11.3 Å². The zero-order chi connectivity index (χ0) is 14.0. The van der Waals surface area contributed by atoms with Crippen molar-refractivity contribution in [1.29, 1.82) is 0 Å². The highest BCUT2D eigenvalue weighted by atomic mass is 32.1. The van der Waals surface area contributed by atoms with E-state index in [0.29, 0.717) is 18.0 Å². The average molecular weight is 278 g/mol. The Hall–Kier alpha value is -1.69. The van der Waals surface area contributed by atoms with Gasteiger partial charge in [0.05, 0.1) is 23.5 Å². The summed E-state index contributed by atoms with van der Waals surface area (Å²) in [5.74, 6) is 0.898. The molecular formula is C13H18N4OS. The second-order valence-electron chi connectivity index (χ2n) is 5.29. The van der Waals surface area contributed by atoms with Crippen molar-refractivity contribution in [2.75, 3.05) is 12.8 Å². The van der Waals surface area contributed by atoms with Gasteiger partial charge in [0.1, 0.15) is 6.33 Å². The van der Waals surface area contributed by atoms with Gasteiger partial charge < -0.3 is 10.5 Å². The predicted molar refractivity (Wildman–Crippen MR) is 76.6 cm³/mol. The number of nitrogens with zero attached hydrogens (tertiary/aromatic N) is 3. The van der Waals surface area contributed by atoms with Crippen LogP contribution in [0.5, 0.6) is 5.75 Å². The Morgan fingerprint density at radius 2 is 2.05 bits per heavy atom. The minimum absolute atomic E-state index is 0.0591. The van der Waals surface area contributed by atoms with Crippen molar-refractivity contribution in [3.63, 3.8) is 0 Å². The highest BCUT2D eigenvalue weighted by molar-refractivity contribution is 7.09. The van der Waals surface area contributed by atoms with E-state index in [0.717, 1.165) is 16.4 Å². The molecule has 0 aliphatic heterocycles. The van der Waals surface area contributed by atoms with Crippen LogP contribution in [-0.2, 0) is 11.8 Å². The number of rotatable bonds is 3. The van der Waals surface area contributed by atoms with E-state index >= 15 is 0 Å². The van der Waals surface area contributed by atoms with Gasteiger partial charge in [0, 0.05) is 17.2 Å². The minimum atomic E-state index is 0.0591. The number of nitrogens with two attached hydrogens (primary N) is 1. The summed E-state index contributed by atoms with van der Waals surface area (Å²) in [6.45, 7) is 6.44. The Morgan fingerprint density at radius 3 is 2.63 bits per heavy atom. The fourth-order valence-electron chi connectivity index (χ4n) is 1.65. The Balaban J connectivity index is 2.27. The van der Waals surface area contributed by atoms with Crippen LogP contribution in [0.4, 0.5) is 5.82 Å². The third kappa shape index (κ3) is 3.01. The van der Waals surface area contributed by atoms with Gasteiger partial charge in [-0.25, -0.2) is 15.0 Å². The van der Waals surface area contributed by atoms with Crippen LogP contribution in [0.2, 0.25) is 0 Å². The number of hydrogen-bond acceptors (Lipinski definition) is 6. The number of anilines is 1. The molecule has 0 aliphatic carbocycles. The molecule has 0 radical (unpaired) electrons. The monoisotopic (exact) mass is 278 g/mol. The lowest BCUT2D eigenvalue weighted by Crippen LogP contribution is -2.11. The van der Waals surface area contributed by atoms with Gasteiger partial charge in [0.2, 0.25) is 0 Å². The topological polar surface area (TPSA) is 73.9 Å². The molecule has 0 amide bonds. The van der Waals surface area contributed by atoms with Crippen molar-refractivity contribution in [3.05, 3.63) is 28.1 Å². The molecular weight excluding hydrogens is 260 g/mol. The van der Waals surface area contributed by atoms with Gasteiger partial charge in [0.25, 0.3) is 0 Å². The minimum Gasteiger partial charge on any atom is -0.491 e. The Labute approximate surface area is 116 Å². The molecule has 0 saturated carbocycles. The van der Waals surface area contributed by atoms with E-state index in [1.54, 1.807) is 18.4 Å². The molecule has 2 aromatic rings. The molecule has 0 fully saturated rings. The molecule has 0 saturated heterocycles. The van der Waals surface area contributed by atoms with Gasteiger partial charge >= 0.3 is 0 Å². The van der Waals surface area contributed by atoms with Crippen molar-refractivity contribution < 1.29 is 4.74 Å². The van der Waals surface area contributed by atoms with Crippen molar-refractivity contribution >= 4 is 17.2 Å². The number of thiazole rings is 1. The molecule has 2 rings (SSSR count). The fraction of sp³-hybridized carbons (Fsp3) is 0.462. The van der Waals surface area contributed by atoms with Crippen LogP contribution in [0, 0.1) is 0 Å². The van der Waals surface area contributed by atoms with E-state index in [9.17, 15) is 0 Å². The number of hydrogen-bond donors (Lipinski definition) is 1. The van der Waals surface area contributed by atoms with Crippen LogP contribution in [0.25, 0.3) is 0 Å². The zero-order valence-corrected chi connectivity index (χ0v) is 12.4. The van der Waals surface area contributed by atoms with Gasteiger partial charge in [-0.1, -0.05) is 20.8 Å². The lowest BCUT2D eigenvalue weighted by atomic mass is 9.93. The van der Waals surface area contributed by atoms with Crippen LogP contribution in [0.15, 0.2) is 11.7 Å². The Bertz CT molecular complexity index is 574. The summed E-state index contributed by atoms with van der Waals surface area (Å²) in [5.41, 5.74) is 7.69. The number of ether oxygens (including phenoxy) is 1. The van der Waals surface area contributed by atoms with Crippen LogP contribution < -0.4 is 10.5 Å². The third-order valence-corrected chi connectivity index (χ3v) is 3.60. The maximum absolute atomic E-state index is 5.77. The first-order valence-electron chi connectivity index (χ1n) is 6.00. The molecule has 2 aromatic heterocycles. The molecule has 5 nitrogen and oxygen atoms in total. The van der Waals surface area contributed by atoms with Crippen LogP contribution in [0.3, 0.4) is 0 Å². The molecule has 0 bridgehead atoms. The molecule has 0 atom stereocenters. The first-order valence-corrected chi connectivity index (χ1v) is 6.88. The van der Waals surface area contributed by atoms with E-state index in [-0.39, 0.29) is 5.41 Å². The van der Waals surface area contributed by atoms with E-state index in [4.69, 9.17) is 10.5 Å². The molecule has 2 N–H and O–H groups in total. The van der Waals surface area contributed by atoms with E-state index in [1.165, 1.54) is 6.33 Å². The summed E-state index contributed by atoms with van der Waals surface area (Å²) < 4.78 is 5.25. The second-order valence-corrected chi connectivity index (χ2v) is 6.23. The van der Waals surface area contributed by atoms with E-state index < -0.39 is 0 Å². The first kappa shape index (κ1) is 13.7. The molecule has 2 heterocycles. The summed E-state index contributed by atoms with van der Waals surface area (Å²) in [7, 11) is 1.57. The standard InChI is InChI=1S/C13H18N4OS/c1-13(2,3)9-6-19-10(17-9)5-8-11(18-4)12(14)16-7-15-8/h6-7H,5H2,1-4H3,(H2,14,15,16). The molecule has 0 aliphatic rings. The third-order valence-electron chi connectivity index (χ3n) is 2.75. The Kier molecular flexibility index (Phi) is 3.71. The summed E-state index contributed by atoms with van der Waals surface area (Å²) in [6.07, 6.45) is 2.06. The largest absolute Gasteiger partial charge is 0.491 e. The average Bonchev–Trinajstić information content (AvgIpc) is 2.77. The Morgan fingerprint density at radius 1 is 1.32 bits per heavy atom. The number of nitrogen functional groups attached to an aromatic ring is 1. The highest BCUT2D eigenvalue weighted by Crippen LogP contribution is 2.28. The SMILES string of the molecule is COc1c(N)ncnc1Cc1nc(C(C)(C)C)cs1. The quantitative estimate of drug-likeness (QED) is 0.933. The predicted octanol–water partition coefficient (Wildman–Crippen LogP) is 2.41. The van der Waals surface area contributed by atoms with E-state index in [1.807, 2.05) is 0 Å². The second kappa shape index (κ2) is 5.13. The number of methoxy groups -OCH3 is 1. The molecule has 19 heavy (non-hydrogen) atoms. The lowest BCUT2D eigenvalue weighted by Gasteiger charge is -2.14. The van der Waals surface area contributed by atoms with Gasteiger partial charge in [-0.2, -0.15) is 0 Å². The molecule has 0 spiro atoms. The molecule has 0 unspecified atom stereocenters. The van der Waals surface area contributed by atoms with Crippen molar-refractivity contribution in [3.8, 4) is 5.75 Å². The maximum Gasteiger partial charge on any atom is 0.182 e. The van der Waals surface area contributed by atoms with Crippen molar-refractivity contribution in [2.45, 2.75) is 32.6 Å². The maximum atomic E-state index is 5.77. The summed E-state index contributed by atoms with van der Waals surface area (Å²) >= 11 is 1.63. The fourth-order valence-corrected chi connectivity index (χ4v) is 2.68. The number of aromatic nitrogens is 3. The van der Waals surface area contributed by atoms with Gasteiger partial charge in [0.15, 0.2) is 11.6 Å². The molecule has 0 aromatic carbocycles. The van der Waals surface area contributed by atoms with Gasteiger partial charge in [-0.15, -0.1) is 11.3 Å².